The van der Waals surface area contributed by atoms with Gasteiger partial charge < -0.3 is 4.84 Å². The predicted octanol–water partition coefficient (Wildman–Crippen LogP) is 0.248. The standard InChI is InChI=1S/C7H8N2O2/c10-7(6-2-3-6)11-9-5-1-4-8-9/h1,4-6H,2-3H2. The molecule has 0 atom stereocenters. The SMILES string of the molecule is O=C(On1cccn1)C1CC1. The van der Waals surface area contributed by atoms with E-state index in [9.17, 15) is 4.79 Å². The van der Waals surface area contributed by atoms with E-state index in [-0.39, 0.29) is 11.9 Å². The van der Waals surface area contributed by atoms with Crippen molar-refractivity contribution in [1.29, 1.82) is 0 Å². The van der Waals surface area contributed by atoms with E-state index in [1.54, 1.807) is 18.5 Å². The minimum atomic E-state index is -0.172. The van der Waals surface area contributed by atoms with Crippen LogP contribution in [0.4, 0.5) is 0 Å². The maximum absolute atomic E-state index is 11.0. The van der Waals surface area contributed by atoms with Crippen LogP contribution in [-0.4, -0.2) is 15.9 Å². The second kappa shape index (κ2) is 2.38. The Bertz CT molecular complexity index is 251. The highest BCUT2D eigenvalue weighted by molar-refractivity contribution is 5.75. The molecule has 1 heterocycles. The molecule has 1 aromatic rings. The van der Waals surface area contributed by atoms with E-state index in [1.807, 2.05) is 0 Å². The number of hydrogen-bond donors (Lipinski definition) is 0. The first kappa shape index (κ1) is 6.39. The Morgan fingerprint density at radius 3 is 3.00 bits per heavy atom. The maximum atomic E-state index is 11.0. The lowest BCUT2D eigenvalue weighted by Gasteiger charge is -1.99. The van der Waals surface area contributed by atoms with Crippen molar-refractivity contribution in [2.24, 2.45) is 5.92 Å². The zero-order valence-electron chi connectivity index (χ0n) is 5.93. The molecule has 0 amide bonds. The van der Waals surface area contributed by atoms with Crippen LogP contribution in [0.1, 0.15) is 12.8 Å². The minimum Gasteiger partial charge on any atom is -0.319 e. The predicted molar refractivity (Wildman–Crippen MR) is 36.5 cm³/mol. The zero-order chi connectivity index (χ0) is 7.68. The summed E-state index contributed by atoms with van der Waals surface area (Å²) in [5.41, 5.74) is 0. The van der Waals surface area contributed by atoms with Crippen LogP contribution in [0.5, 0.6) is 0 Å². The molecule has 0 radical (unpaired) electrons. The van der Waals surface area contributed by atoms with Gasteiger partial charge in [-0.2, -0.15) is 0 Å². The fourth-order valence-electron chi connectivity index (χ4n) is 0.795. The van der Waals surface area contributed by atoms with Gasteiger partial charge in [0.2, 0.25) is 0 Å². The summed E-state index contributed by atoms with van der Waals surface area (Å²) < 4.78 is 0. The van der Waals surface area contributed by atoms with E-state index in [1.165, 1.54) is 4.85 Å². The monoisotopic (exact) mass is 152 g/mol. The molecule has 1 saturated carbocycles. The largest absolute Gasteiger partial charge is 0.337 e. The van der Waals surface area contributed by atoms with Gasteiger partial charge in [-0.25, -0.2) is 4.79 Å². The lowest BCUT2D eigenvalue weighted by atomic mass is 10.4. The van der Waals surface area contributed by atoms with Gasteiger partial charge >= 0.3 is 5.97 Å². The summed E-state index contributed by atoms with van der Waals surface area (Å²) in [7, 11) is 0. The fourth-order valence-corrected chi connectivity index (χ4v) is 0.795. The third-order valence-corrected chi connectivity index (χ3v) is 1.57. The summed E-state index contributed by atoms with van der Waals surface area (Å²) in [5.74, 6) is -0.0482. The molecule has 4 nitrogen and oxygen atoms in total. The van der Waals surface area contributed by atoms with E-state index in [4.69, 9.17) is 4.84 Å². The van der Waals surface area contributed by atoms with Crippen LogP contribution < -0.4 is 4.84 Å². The molecule has 0 bridgehead atoms. The molecule has 0 aromatic carbocycles. The van der Waals surface area contributed by atoms with Gasteiger partial charge in [0.15, 0.2) is 0 Å². The summed E-state index contributed by atoms with van der Waals surface area (Å²) in [4.78, 5) is 17.0. The van der Waals surface area contributed by atoms with Gasteiger partial charge in [0.05, 0.1) is 18.3 Å². The third kappa shape index (κ3) is 1.39. The van der Waals surface area contributed by atoms with Gasteiger partial charge in [-0.05, 0) is 18.9 Å². The van der Waals surface area contributed by atoms with Crippen LogP contribution in [0.2, 0.25) is 0 Å². The number of nitrogens with zero attached hydrogens (tertiary/aromatic N) is 2. The molecule has 1 aromatic heterocycles. The summed E-state index contributed by atoms with van der Waals surface area (Å²) in [6, 6.07) is 1.71. The van der Waals surface area contributed by atoms with Crippen LogP contribution in [-0.2, 0) is 4.79 Å². The lowest BCUT2D eigenvalue weighted by molar-refractivity contribution is -0.147. The number of hydrogen-bond acceptors (Lipinski definition) is 3. The first-order valence-electron chi connectivity index (χ1n) is 3.58. The summed E-state index contributed by atoms with van der Waals surface area (Å²) in [6.07, 6.45) is 5.08. The van der Waals surface area contributed by atoms with Crippen molar-refractivity contribution in [3.05, 3.63) is 18.5 Å². The van der Waals surface area contributed by atoms with E-state index in [2.05, 4.69) is 5.10 Å². The summed E-state index contributed by atoms with van der Waals surface area (Å²) in [5, 5.41) is 3.74. The van der Waals surface area contributed by atoms with E-state index in [0.29, 0.717) is 0 Å². The summed E-state index contributed by atoms with van der Waals surface area (Å²) in [6.45, 7) is 0. The molecule has 0 saturated heterocycles. The Labute approximate surface area is 63.7 Å². The van der Waals surface area contributed by atoms with Gasteiger partial charge in [-0.15, -0.1) is 5.10 Å². The van der Waals surface area contributed by atoms with E-state index in [0.717, 1.165) is 12.8 Å². The second-order valence-corrected chi connectivity index (χ2v) is 2.59. The highest BCUT2D eigenvalue weighted by Gasteiger charge is 2.32. The van der Waals surface area contributed by atoms with Gasteiger partial charge in [0, 0.05) is 0 Å². The minimum absolute atomic E-state index is 0.124. The first-order chi connectivity index (χ1) is 5.36. The average molecular weight is 152 g/mol. The number of aromatic nitrogens is 2. The Hall–Kier alpha value is -1.32. The second-order valence-electron chi connectivity index (χ2n) is 2.59. The van der Waals surface area contributed by atoms with Gasteiger partial charge in [-0.1, -0.05) is 4.85 Å². The summed E-state index contributed by atoms with van der Waals surface area (Å²) >= 11 is 0. The average Bonchev–Trinajstić information content (AvgIpc) is 2.73. The molecule has 0 unspecified atom stereocenters. The third-order valence-electron chi connectivity index (χ3n) is 1.57. The van der Waals surface area contributed by atoms with Crippen LogP contribution in [0.3, 0.4) is 0 Å². The van der Waals surface area contributed by atoms with E-state index >= 15 is 0 Å². The van der Waals surface area contributed by atoms with Crippen molar-refractivity contribution < 1.29 is 9.63 Å². The van der Waals surface area contributed by atoms with Gasteiger partial charge in [-0.3, -0.25) is 0 Å². The quantitative estimate of drug-likeness (QED) is 0.610. The van der Waals surface area contributed by atoms with Crippen molar-refractivity contribution in [3.63, 3.8) is 0 Å². The van der Waals surface area contributed by atoms with Crippen molar-refractivity contribution in [3.8, 4) is 0 Å². The number of carbonyl (C=O) groups is 1. The highest BCUT2D eigenvalue weighted by Crippen LogP contribution is 2.29. The van der Waals surface area contributed by atoms with Crippen molar-refractivity contribution in [1.82, 2.24) is 9.94 Å². The molecule has 0 spiro atoms. The molecule has 2 rings (SSSR count). The molecular weight excluding hydrogens is 144 g/mol. The van der Waals surface area contributed by atoms with Gasteiger partial charge in [0.25, 0.3) is 0 Å². The van der Waals surface area contributed by atoms with Crippen molar-refractivity contribution in [2.75, 3.05) is 0 Å². The molecule has 11 heavy (non-hydrogen) atoms. The Morgan fingerprint density at radius 2 is 2.45 bits per heavy atom. The molecule has 0 aliphatic heterocycles. The number of rotatable bonds is 2. The molecular formula is C7H8N2O2. The highest BCUT2D eigenvalue weighted by atomic mass is 16.7. The Kier molecular flexibility index (Phi) is 1.38. The van der Waals surface area contributed by atoms with E-state index < -0.39 is 0 Å². The van der Waals surface area contributed by atoms with Crippen LogP contribution in [0.25, 0.3) is 0 Å². The molecule has 1 fully saturated rings. The molecule has 1 aliphatic rings. The topological polar surface area (TPSA) is 44.1 Å². The van der Waals surface area contributed by atoms with Crippen molar-refractivity contribution in [2.45, 2.75) is 12.8 Å². The Morgan fingerprint density at radius 1 is 1.64 bits per heavy atom. The maximum Gasteiger partial charge on any atom is 0.337 e. The van der Waals surface area contributed by atoms with Crippen molar-refractivity contribution >= 4 is 5.97 Å². The van der Waals surface area contributed by atoms with Crippen LogP contribution >= 0.6 is 0 Å². The normalized spacial score (nSPS) is 16.4. The molecule has 0 N–H and O–H groups in total. The lowest BCUT2D eigenvalue weighted by Crippen LogP contribution is -2.21. The molecule has 58 valence electrons. The zero-order valence-corrected chi connectivity index (χ0v) is 5.93. The smallest absolute Gasteiger partial charge is 0.319 e. The van der Waals surface area contributed by atoms with Gasteiger partial charge in [0.1, 0.15) is 0 Å². The first-order valence-corrected chi connectivity index (χ1v) is 3.58. The number of carbonyl (C=O) groups excluding carboxylic acids is 1. The molecule has 1 aliphatic carbocycles. The molecule has 4 heteroatoms. The fraction of sp³-hybridized carbons (Fsp3) is 0.429. The van der Waals surface area contributed by atoms with Crippen LogP contribution in [0.15, 0.2) is 18.5 Å². The Balaban J connectivity index is 1.94. The van der Waals surface area contributed by atoms with Crippen LogP contribution in [0, 0.1) is 5.92 Å².